The van der Waals surface area contributed by atoms with Crippen molar-refractivity contribution in [2.75, 3.05) is 19.8 Å². The van der Waals surface area contributed by atoms with Crippen LogP contribution in [0.15, 0.2) is 16.4 Å². The molecule has 3 saturated carbocycles. The molecule has 4 fully saturated rings. The van der Waals surface area contributed by atoms with Crippen molar-refractivity contribution in [2.24, 2.45) is 68.3 Å². The van der Waals surface area contributed by atoms with Crippen LogP contribution in [0.3, 0.4) is 0 Å². The van der Waals surface area contributed by atoms with Gasteiger partial charge in [-0.15, -0.1) is 4.68 Å². The first-order chi connectivity index (χ1) is 23.1. The lowest BCUT2D eigenvalue weighted by Crippen LogP contribution is -2.69. The number of allylic oxidation sites excluding steroid dienone is 1. The molecule has 2 bridgehead atoms. The summed E-state index contributed by atoms with van der Waals surface area (Å²) in [4.78, 5) is 29.6. The molecule has 50 heavy (non-hydrogen) atoms. The van der Waals surface area contributed by atoms with E-state index in [1.54, 1.807) is 0 Å². The van der Waals surface area contributed by atoms with E-state index in [1.165, 1.54) is 10.3 Å². The van der Waals surface area contributed by atoms with Crippen molar-refractivity contribution in [1.82, 2.24) is 14.8 Å². The number of ether oxygens (including phenoxy) is 2. The zero-order valence-corrected chi connectivity index (χ0v) is 33.4. The maximum atomic E-state index is 13.5. The molecule has 3 N–H and O–H groups in total. The molecule has 0 aromatic carbocycles. The molecule has 1 aliphatic heterocycles. The summed E-state index contributed by atoms with van der Waals surface area (Å²) in [6.45, 7) is 23.2. The van der Waals surface area contributed by atoms with Crippen LogP contribution in [0.4, 0.5) is 5.95 Å². The Balaban J connectivity index is 1.49. The molecule has 1 saturated heterocycles. The fraction of sp³-hybridized carbons (Fsp3) is 0.868. The highest BCUT2D eigenvalue weighted by Crippen LogP contribution is 2.75. The maximum absolute atomic E-state index is 13.5. The van der Waals surface area contributed by atoms with Gasteiger partial charge in [0.25, 0.3) is 0 Å². The number of carbonyl (C=O) groups is 1. The molecule has 1 aromatic rings. The summed E-state index contributed by atoms with van der Waals surface area (Å²) in [5, 5.41) is 28.0. The number of halogens is 1. The Morgan fingerprint density at radius 2 is 1.86 bits per heavy atom. The van der Waals surface area contributed by atoms with E-state index in [1.807, 2.05) is 6.92 Å². The van der Waals surface area contributed by atoms with Gasteiger partial charge in [-0.25, -0.2) is 0 Å². The Labute approximate surface area is 306 Å². The third-order valence-corrected chi connectivity index (χ3v) is 16.4. The highest BCUT2D eigenvalue weighted by molar-refractivity contribution is 9.10. The molecule has 12 atom stereocenters. The molecule has 0 radical (unpaired) electrons. The number of hydrogen-bond donors (Lipinski definition) is 2. The Morgan fingerprint density at radius 3 is 2.46 bits per heavy atom. The van der Waals surface area contributed by atoms with E-state index in [0.717, 1.165) is 25.7 Å². The number of carboxylic acid groups (broad SMARTS) is 1. The average molecular weight is 763 g/mol. The van der Waals surface area contributed by atoms with Crippen LogP contribution in [-0.4, -0.2) is 62.2 Å². The molecule has 11 nitrogen and oxygen atoms in total. The Morgan fingerprint density at radius 1 is 1.18 bits per heavy atom. The Bertz CT molecular complexity index is 1560. The molecule has 0 amide bonds. The van der Waals surface area contributed by atoms with Crippen molar-refractivity contribution in [1.29, 1.82) is 0 Å². The van der Waals surface area contributed by atoms with Gasteiger partial charge < -0.3 is 30.4 Å². The third-order valence-electron chi connectivity index (χ3n) is 16.0. The largest absolute Gasteiger partial charge is 0.481 e. The number of nitro groups is 1. The second-order valence-corrected chi connectivity index (χ2v) is 19.6. The van der Waals surface area contributed by atoms with Crippen molar-refractivity contribution < 1.29 is 24.3 Å². The van der Waals surface area contributed by atoms with Crippen LogP contribution in [0.1, 0.15) is 114 Å². The monoisotopic (exact) mass is 761 g/mol. The lowest BCUT2D eigenvalue weighted by Gasteiger charge is -2.71. The van der Waals surface area contributed by atoms with E-state index >= 15 is 0 Å². The van der Waals surface area contributed by atoms with Gasteiger partial charge in [-0.05, 0) is 101 Å². The number of aromatic nitrogens is 3. The van der Waals surface area contributed by atoms with Gasteiger partial charge in [0.05, 0.1) is 25.7 Å². The summed E-state index contributed by atoms with van der Waals surface area (Å²) in [7, 11) is 0. The third kappa shape index (κ3) is 5.22. The average Bonchev–Trinajstić information content (AvgIpc) is 3.41. The van der Waals surface area contributed by atoms with Crippen LogP contribution in [0.5, 0.6) is 0 Å². The topological polar surface area (TPSA) is 156 Å². The normalized spacial score (nSPS) is 42.9. The Kier molecular flexibility index (Phi) is 9.34. The second kappa shape index (κ2) is 12.3. The lowest BCUT2D eigenvalue weighted by atomic mass is 9.34. The van der Waals surface area contributed by atoms with Crippen molar-refractivity contribution in [3.8, 4) is 0 Å². The van der Waals surface area contributed by atoms with E-state index in [-0.39, 0.29) is 51.8 Å². The van der Waals surface area contributed by atoms with Gasteiger partial charge in [0, 0.05) is 32.3 Å². The number of nitrogens with two attached hydrogens (primary N) is 1. The summed E-state index contributed by atoms with van der Waals surface area (Å²) in [6, 6.07) is -0.489. The van der Waals surface area contributed by atoms with Crippen molar-refractivity contribution in [3.05, 3.63) is 26.5 Å². The van der Waals surface area contributed by atoms with E-state index in [2.05, 4.69) is 94.4 Å². The zero-order valence-electron chi connectivity index (χ0n) is 31.8. The van der Waals surface area contributed by atoms with Crippen LogP contribution in [-0.2, 0) is 14.3 Å². The molecule has 0 spiro atoms. The van der Waals surface area contributed by atoms with Crippen LogP contribution >= 0.6 is 15.9 Å². The van der Waals surface area contributed by atoms with Gasteiger partial charge in [0.2, 0.25) is 0 Å². The van der Waals surface area contributed by atoms with Gasteiger partial charge in [0.15, 0.2) is 0 Å². The van der Waals surface area contributed by atoms with Gasteiger partial charge in [0.1, 0.15) is 12.1 Å². The van der Waals surface area contributed by atoms with Gasteiger partial charge in [-0.2, -0.15) is 0 Å². The van der Waals surface area contributed by atoms with Gasteiger partial charge in [-0.1, -0.05) is 79.1 Å². The first-order valence-electron chi connectivity index (χ1n) is 18.8. The summed E-state index contributed by atoms with van der Waals surface area (Å²) in [5.74, 6) is -0.297. The van der Waals surface area contributed by atoms with Crippen LogP contribution < -0.4 is 5.73 Å². The number of nitrogens with zero attached hydrogens (tertiary/aromatic N) is 4. The minimum absolute atomic E-state index is 0.155. The first kappa shape index (κ1) is 37.9. The number of carboxylic acids is 1. The van der Waals surface area contributed by atoms with E-state index < -0.39 is 50.7 Å². The number of rotatable bonds is 9. The van der Waals surface area contributed by atoms with Crippen molar-refractivity contribution >= 4 is 27.8 Å². The van der Waals surface area contributed by atoms with Crippen LogP contribution in [0.25, 0.3) is 0 Å². The fourth-order valence-corrected chi connectivity index (χ4v) is 12.5. The predicted octanol–water partition coefficient (Wildman–Crippen LogP) is 7.84. The molecular weight excluding hydrogens is 702 g/mol. The molecule has 4 aliphatic carbocycles. The molecule has 1 aromatic heterocycles. The highest BCUT2D eigenvalue weighted by atomic mass is 79.9. The van der Waals surface area contributed by atoms with Gasteiger partial charge >= 0.3 is 16.7 Å². The van der Waals surface area contributed by atoms with E-state index in [9.17, 15) is 20.0 Å². The smallest absolute Gasteiger partial charge is 0.457 e. The number of aliphatic carboxylic acids is 1. The summed E-state index contributed by atoms with van der Waals surface area (Å²) in [5.41, 5.74) is 5.60. The maximum Gasteiger partial charge on any atom is 0.457 e. The zero-order chi connectivity index (χ0) is 37.0. The fourth-order valence-electron chi connectivity index (χ4n) is 12.2. The van der Waals surface area contributed by atoms with Crippen LogP contribution in [0, 0.1) is 72.7 Å². The Hall–Kier alpha value is -1.89. The molecule has 2 heterocycles. The number of fused-ring (bicyclic) bond motifs is 3. The van der Waals surface area contributed by atoms with Crippen LogP contribution in [0.2, 0.25) is 0 Å². The second-order valence-electron chi connectivity index (χ2n) is 18.9. The van der Waals surface area contributed by atoms with Crippen molar-refractivity contribution in [2.45, 2.75) is 125 Å². The highest BCUT2D eigenvalue weighted by Gasteiger charge is 2.72. The predicted molar refractivity (Wildman–Crippen MR) is 194 cm³/mol. The standard InChI is InChI=1S/C38H60BrN5O6/c1-21(2)23(5)33(6)15-16-35(8)24-11-12-27-34(7)18-49-20-38(27,25(24)13-14-36(35,9)28(33)30(45)46)17-26(29(34)50-19-37(10,40)22(3)4)43-32(44(47)48)41-31(39)42-43/h13,21-24,26-29H,11-12,14-20,40H2,1-10H3,(H,45,46)/t23-,24+,26-,27+,28-,29+,33-,34-,35-,36+,37+,38+/m1/s1. The molecular formula is C38H60BrN5O6. The summed E-state index contributed by atoms with van der Waals surface area (Å²) in [6.07, 6.45) is 6.92. The quantitative estimate of drug-likeness (QED) is 0.145. The molecule has 280 valence electrons. The molecule has 6 rings (SSSR count). The SMILES string of the molecule is CC(C)[C@@H](C)[C@@]1(C)CC[C@]2(C)[C@H]3CC[C@@H]4[C@@]5(COC[C@@]4(C)[C@@H](OC[C@](C)(N)C(C)C)[C@H](n4nc(Br)nc4[N+](=O)[O-])C5)C3=CC[C@@]2(C)[C@@H]1C(=O)O. The molecule has 12 heteroatoms. The summed E-state index contributed by atoms with van der Waals surface area (Å²) >= 11 is 3.33. The lowest BCUT2D eigenvalue weighted by molar-refractivity contribution is -0.399. The van der Waals surface area contributed by atoms with E-state index in [0.29, 0.717) is 32.0 Å². The minimum atomic E-state index is -0.680. The molecule has 5 aliphatic rings. The molecule has 0 unspecified atom stereocenters. The number of hydrogen-bond acceptors (Lipinski definition) is 8. The first-order valence-corrected chi connectivity index (χ1v) is 19.6. The van der Waals surface area contributed by atoms with Crippen molar-refractivity contribution in [3.63, 3.8) is 0 Å². The minimum Gasteiger partial charge on any atom is -0.481 e. The van der Waals surface area contributed by atoms with E-state index in [4.69, 9.17) is 15.2 Å². The van der Waals surface area contributed by atoms with Gasteiger partial charge in [-0.3, -0.25) is 4.79 Å². The summed E-state index contributed by atoms with van der Waals surface area (Å²) < 4.78 is 15.2.